The third kappa shape index (κ3) is 3.65. The van der Waals surface area contributed by atoms with Gasteiger partial charge in [-0.15, -0.1) is 0 Å². The lowest BCUT2D eigenvalue weighted by molar-refractivity contribution is -0.144. The molecule has 5 heterocycles. The number of fused-ring (bicyclic) bond motifs is 2. The molecular weight excluding hydrogens is 480 g/mol. The van der Waals surface area contributed by atoms with Gasteiger partial charge in [-0.25, -0.2) is 8.42 Å². The molecule has 0 radical (unpaired) electrons. The molecule has 3 aromatic rings. The van der Waals surface area contributed by atoms with Gasteiger partial charge in [-0.2, -0.15) is 4.31 Å². The molecule has 3 fully saturated rings. The van der Waals surface area contributed by atoms with Crippen LogP contribution in [0.1, 0.15) is 12.8 Å². The fraction of sp³-hybridized carbons (Fsp3) is 0.391. The first-order chi connectivity index (χ1) is 16.3. The number of halogens is 1. The maximum absolute atomic E-state index is 13.3. The van der Waals surface area contributed by atoms with Crippen LogP contribution in [0.2, 0.25) is 5.02 Å². The zero-order valence-corrected chi connectivity index (χ0v) is 19.8. The number of rotatable bonds is 3. The van der Waals surface area contributed by atoms with Crippen LogP contribution < -0.4 is 4.90 Å². The van der Waals surface area contributed by atoms with Crippen molar-refractivity contribution in [1.82, 2.24) is 14.2 Å². The third-order valence-electron chi connectivity index (χ3n) is 6.94. The number of nitrogens with zero attached hydrogens (tertiary/aromatic N) is 4. The number of carbonyl (C=O) groups is 1. The van der Waals surface area contributed by atoms with Crippen LogP contribution in [0.3, 0.4) is 0 Å². The van der Waals surface area contributed by atoms with Gasteiger partial charge in [0.05, 0.1) is 25.2 Å². The number of hydrogen-bond donors (Lipinski definition) is 0. The Morgan fingerprint density at radius 2 is 1.85 bits per heavy atom. The highest BCUT2D eigenvalue weighted by Gasteiger charge is 2.52. The zero-order chi connectivity index (χ0) is 23.5. The monoisotopic (exact) mass is 502 g/mol. The molecular formula is C23H23ClN4O5S. The molecule has 0 bridgehead atoms. The van der Waals surface area contributed by atoms with Gasteiger partial charge in [-0.1, -0.05) is 11.6 Å². The van der Waals surface area contributed by atoms with E-state index in [4.69, 9.17) is 20.8 Å². The fourth-order valence-corrected chi connectivity index (χ4v) is 6.61. The Hall–Kier alpha value is -2.66. The van der Waals surface area contributed by atoms with Crippen molar-refractivity contribution in [2.45, 2.75) is 29.8 Å². The first-order valence-electron chi connectivity index (χ1n) is 11.1. The molecule has 0 N–H and O–H groups in total. The zero-order valence-electron chi connectivity index (χ0n) is 18.3. The molecule has 1 amide bonds. The quantitative estimate of drug-likeness (QED) is 0.543. The lowest BCUT2D eigenvalue weighted by Gasteiger charge is -2.39. The number of aromatic nitrogens is 1. The highest BCUT2D eigenvalue weighted by atomic mass is 35.5. The lowest BCUT2D eigenvalue weighted by atomic mass is 9.91. The normalized spacial score (nSPS) is 23.1. The average Bonchev–Trinajstić information content (AvgIpc) is 3.42. The molecule has 9 nitrogen and oxygen atoms in total. The summed E-state index contributed by atoms with van der Waals surface area (Å²) in [7, 11) is -4.01. The van der Waals surface area contributed by atoms with Crippen molar-refractivity contribution in [2.75, 3.05) is 37.6 Å². The Labute approximate surface area is 201 Å². The van der Waals surface area contributed by atoms with E-state index in [1.807, 2.05) is 12.1 Å². The first-order valence-corrected chi connectivity index (χ1v) is 13.0. The van der Waals surface area contributed by atoms with Crippen molar-refractivity contribution in [3.8, 4) is 0 Å². The summed E-state index contributed by atoms with van der Waals surface area (Å²) in [6.45, 7) is 1.91. The van der Waals surface area contributed by atoms with Crippen molar-refractivity contribution in [3.05, 3.63) is 53.8 Å². The number of anilines is 1. The van der Waals surface area contributed by atoms with Gasteiger partial charge in [0.2, 0.25) is 11.0 Å². The standard InChI is InChI=1S/C23H23ClN4O5S/c24-17-1-2-19-16(11-17)12-22(32-19)34(30,31)27-13-20(29)28-15-23(33-21(28)14-27)5-9-26(10-6-23)18-3-7-25-8-4-18/h1-4,7-8,11-12,21H,5-6,9-10,13-15H2. The summed E-state index contributed by atoms with van der Waals surface area (Å²) in [6.07, 6.45) is 4.45. The summed E-state index contributed by atoms with van der Waals surface area (Å²) >= 11 is 6.01. The Kier molecular flexibility index (Phi) is 5.10. The summed E-state index contributed by atoms with van der Waals surface area (Å²) in [6, 6.07) is 10.3. The molecule has 34 heavy (non-hydrogen) atoms. The minimum absolute atomic E-state index is 0.0711. The number of pyridine rings is 1. The van der Waals surface area contributed by atoms with Gasteiger partial charge in [0.1, 0.15) is 11.8 Å². The maximum atomic E-state index is 13.3. The second-order valence-electron chi connectivity index (χ2n) is 9.01. The van der Waals surface area contributed by atoms with Crippen LogP contribution in [0.4, 0.5) is 5.69 Å². The number of piperazine rings is 1. The van der Waals surface area contributed by atoms with Crippen molar-refractivity contribution < 1.29 is 22.4 Å². The minimum Gasteiger partial charge on any atom is -0.443 e. The Bertz CT molecular complexity index is 1350. The predicted octanol–water partition coefficient (Wildman–Crippen LogP) is 2.71. The molecule has 0 aliphatic carbocycles. The second kappa shape index (κ2) is 7.94. The van der Waals surface area contributed by atoms with E-state index in [2.05, 4.69) is 9.88 Å². The summed E-state index contributed by atoms with van der Waals surface area (Å²) in [4.78, 5) is 21.0. The summed E-state index contributed by atoms with van der Waals surface area (Å²) in [5, 5.41) is 0.873. The number of piperidine rings is 1. The summed E-state index contributed by atoms with van der Waals surface area (Å²) in [5.74, 6) is -0.257. The van der Waals surface area contributed by atoms with Crippen molar-refractivity contribution in [2.24, 2.45) is 0 Å². The van der Waals surface area contributed by atoms with E-state index in [9.17, 15) is 13.2 Å². The van der Waals surface area contributed by atoms with E-state index in [0.29, 0.717) is 22.5 Å². The molecule has 178 valence electrons. The van der Waals surface area contributed by atoms with Crippen LogP contribution in [0.15, 0.2) is 58.3 Å². The van der Waals surface area contributed by atoms with Crippen LogP contribution in [0.25, 0.3) is 11.0 Å². The van der Waals surface area contributed by atoms with Gasteiger partial charge < -0.3 is 19.0 Å². The van der Waals surface area contributed by atoms with Gasteiger partial charge >= 0.3 is 0 Å². The summed E-state index contributed by atoms with van der Waals surface area (Å²) < 4.78 is 39.7. The SMILES string of the molecule is O=C1CN(S(=O)(=O)c2cc3cc(Cl)ccc3o2)CC2OC3(CCN(c4ccncc4)CC3)CN12. The molecule has 1 atom stereocenters. The van der Waals surface area contributed by atoms with Gasteiger partial charge in [0.25, 0.3) is 10.0 Å². The average molecular weight is 503 g/mol. The number of ether oxygens (including phenoxy) is 1. The van der Waals surface area contributed by atoms with Crippen LogP contribution in [-0.2, 0) is 19.6 Å². The van der Waals surface area contributed by atoms with E-state index in [-0.39, 0.29) is 24.1 Å². The number of furan rings is 1. The van der Waals surface area contributed by atoms with Crippen LogP contribution in [0, 0.1) is 0 Å². The second-order valence-corrected chi connectivity index (χ2v) is 11.3. The lowest BCUT2D eigenvalue weighted by Crippen LogP contribution is -2.55. The molecule has 1 unspecified atom stereocenters. The van der Waals surface area contributed by atoms with Gasteiger partial charge in [0, 0.05) is 47.6 Å². The predicted molar refractivity (Wildman–Crippen MR) is 125 cm³/mol. The topological polar surface area (TPSA) is 96.2 Å². The van der Waals surface area contributed by atoms with Gasteiger partial charge in [-0.3, -0.25) is 9.78 Å². The van der Waals surface area contributed by atoms with E-state index in [0.717, 1.165) is 35.9 Å². The molecule has 3 saturated heterocycles. The summed E-state index contributed by atoms with van der Waals surface area (Å²) in [5.41, 5.74) is 1.07. The molecule has 3 aliphatic heterocycles. The van der Waals surface area contributed by atoms with E-state index in [1.165, 1.54) is 6.07 Å². The number of amides is 1. The molecule has 3 aliphatic rings. The third-order valence-corrected chi connectivity index (χ3v) is 8.84. The Morgan fingerprint density at radius 3 is 2.62 bits per heavy atom. The van der Waals surface area contributed by atoms with Gasteiger partial charge in [-0.05, 0) is 43.2 Å². The largest absolute Gasteiger partial charge is 0.443 e. The Balaban J connectivity index is 1.19. The highest BCUT2D eigenvalue weighted by Crippen LogP contribution is 2.39. The molecule has 1 spiro atoms. The number of sulfonamides is 1. The molecule has 0 saturated carbocycles. The first kappa shape index (κ1) is 21.8. The van der Waals surface area contributed by atoms with Crippen molar-refractivity contribution in [3.63, 3.8) is 0 Å². The fourth-order valence-electron chi connectivity index (χ4n) is 5.10. The van der Waals surface area contributed by atoms with Crippen molar-refractivity contribution in [1.29, 1.82) is 0 Å². The van der Waals surface area contributed by atoms with Crippen LogP contribution in [-0.4, -0.2) is 73.1 Å². The molecule has 1 aromatic carbocycles. The highest BCUT2D eigenvalue weighted by molar-refractivity contribution is 7.89. The van der Waals surface area contributed by atoms with E-state index >= 15 is 0 Å². The molecule has 11 heteroatoms. The maximum Gasteiger partial charge on any atom is 0.277 e. The number of hydrogen-bond acceptors (Lipinski definition) is 7. The van der Waals surface area contributed by atoms with E-state index < -0.39 is 21.9 Å². The number of benzene rings is 1. The smallest absolute Gasteiger partial charge is 0.277 e. The number of carbonyl (C=O) groups excluding carboxylic acids is 1. The molecule has 6 rings (SSSR count). The van der Waals surface area contributed by atoms with Crippen LogP contribution in [0.5, 0.6) is 0 Å². The minimum atomic E-state index is -4.01. The van der Waals surface area contributed by atoms with Gasteiger partial charge in [0.15, 0.2) is 0 Å². The van der Waals surface area contributed by atoms with Crippen molar-refractivity contribution >= 4 is 44.2 Å². The molecule has 2 aromatic heterocycles. The Morgan fingerprint density at radius 1 is 1.09 bits per heavy atom. The van der Waals surface area contributed by atoms with E-state index in [1.54, 1.807) is 35.5 Å². The van der Waals surface area contributed by atoms with Crippen LogP contribution >= 0.6 is 11.6 Å².